The molecule has 2 aromatic carbocycles. The van der Waals surface area contributed by atoms with Crippen LogP contribution in [-0.4, -0.2) is 24.0 Å². The van der Waals surface area contributed by atoms with Crippen molar-refractivity contribution >= 4 is 21.6 Å². The lowest BCUT2D eigenvalue weighted by Crippen LogP contribution is -2.39. The van der Waals surface area contributed by atoms with Gasteiger partial charge >= 0.3 is 0 Å². The third-order valence-electron chi connectivity index (χ3n) is 6.05. The largest absolute Gasteiger partial charge is 0.294 e. The summed E-state index contributed by atoms with van der Waals surface area (Å²) in [4.78, 5) is 26.6. The number of ketones is 2. The molecule has 1 heterocycles. The number of carbonyl (C=O) groups excluding carboxylic acids is 2. The highest BCUT2D eigenvalue weighted by molar-refractivity contribution is 7.90. The van der Waals surface area contributed by atoms with Gasteiger partial charge in [0.05, 0.1) is 10.8 Å². The summed E-state index contributed by atoms with van der Waals surface area (Å²) in [6.45, 7) is 1.89. The van der Waals surface area contributed by atoms with Gasteiger partial charge in [-0.3, -0.25) is 9.59 Å². The van der Waals surface area contributed by atoms with Gasteiger partial charge in [0.1, 0.15) is 0 Å². The standard InChI is InChI=1S/C23H19NO4S/c1-14-6-9-16(10-7-14)29(27,28)24-13-12-15-8-11-19-20(21(15)24)23(26)18-5-3-2-4-17(18)22(19)25/h2-7,9-10,12-13,19-20H,8,11H2,1H3/t19-,20-/m1/s1. The molecule has 0 unspecified atom stereocenters. The molecule has 2 aliphatic rings. The highest BCUT2D eigenvalue weighted by Crippen LogP contribution is 2.45. The number of Topliss-reactive ketones (excluding diaryl/α,β-unsaturated/α-hetero) is 2. The minimum absolute atomic E-state index is 0.0728. The smallest absolute Gasteiger partial charge is 0.267 e. The lowest BCUT2D eigenvalue weighted by atomic mass is 9.67. The third kappa shape index (κ3) is 2.55. The van der Waals surface area contributed by atoms with Crippen molar-refractivity contribution in [1.29, 1.82) is 0 Å². The summed E-state index contributed by atoms with van der Waals surface area (Å²) in [6, 6.07) is 15.2. The molecule has 5 nitrogen and oxygen atoms in total. The zero-order valence-electron chi connectivity index (χ0n) is 15.8. The van der Waals surface area contributed by atoms with Crippen LogP contribution in [0.15, 0.2) is 65.7 Å². The molecule has 0 N–H and O–H groups in total. The highest BCUT2D eigenvalue weighted by atomic mass is 32.2. The van der Waals surface area contributed by atoms with E-state index >= 15 is 0 Å². The summed E-state index contributed by atoms with van der Waals surface area (Å²) in [7, 11) is -3.87. The van der Waals surface area contributed by atoms with Crippen LogP contribution >= 0.6 is 0 Å². The number of benzene rings is 2. The lowest BCUT2D eigenvalue weighted by Gasteiger charge is -2.35. The van der Waals surface area contributed by atoms with E-state index < -0.39 is 21.9 Å². The van der Waals surface area contributed by atoms with Crippen LogP contribution in [-0.2, 0) is 16.4 Å². The Morgan fingerprint density at radius 1 is 0.897 bits per heavy atom. The summed E-state index contributed by atoms with van der Waals surface area (Å²) >= 11 is 0. The van der Waals surface area contributed by atoms with Gasteiger partial charge in [0.15, 0.2) is 11.6 Å². The van der Waals surface area contributed by atoms with E-state index in [2.05, 4.69) is 0 Å². The van der Waals surface area contributed by atoms with Crippen LogP contribution in [0, 0.1) is 12.8 Å². The number of fused-ring (bicyclic) bond motifs is 4. The van der Waals surface area contributed by atoms with Crippen molar-refractivity contribution in [3.05, 3.63) is 88.7 Å². The Bertz CT molecular complexity index is 1270. The van der Waals surface area contributed by atoms with E-state index in [0.29, 0.717) is 29.7 Å². The monoisotopic (exact) mass is 405 g/mol. The average Bonchev–Trinajstić information content (AvgIpc) is 3.17. The second-order valence-corrected chi connectivity index (χ2v) is 9.55. The van der Waals surface area contributed by atoms with Crippen LogP contribution in [0.5, 0.6) is 0 Å². The van der Waals surface area contributed by atoms with Gasteiger partial charge in [-0.15, -0.1) is 0 Å². The molecule has 2 aliphatic carbocycles. The molecule has 0 saturated carbocycles. The Morgan fingerprint density at radius 3 is 2.24 bits per heavy atom. The molecule has 1 aromatic heterocycles. The Kier molecular flexibility index (Phi) is 3.90. The van der Waals surface area contributed by atoms with Crippen molar-refractivity contribution in [3.8, 4) is 0 Å². The van der Waals surface area contributed by atoms with Crippen molar-refractivity contribution in [2.45, 2.75) is 30.6 Å². The van der Waals surface area contributed by atoms with E-state index in [0.717, 1.165) is 11.1 Å². The number of rotatable bonds is 2. The first kappa shape index (κ1) is 18.1. The summed E-state index contributed by atoms with van der Waals surface area (Å²) in [5, 5.41) is 0. The van der Waals surface area contributed by atoms with Gasteiger partial charge in [0.25, 0.3) is 10.0 Å². The van der Waals surface area contributed by atoms with Crippen LogP contribution < -0.4 is 0 Å². The fraction of sp³-hybridized carbons (Fsp3) is 0.217. The van der Waals surface area contributed by atoms with E-state index in [1.54, 1.807) is 54.6 Å². The van der Waals surface area contributed by atoms with E-state index in [1.807, 2.05) is 6.92 Å². The second-order valence-electron chi connectivity index (χ2n) is 7.74. The van der Waals surface area contributed by atoms with Gasteiger partial charge in [0.2, 0.25) is 0 Å². The van der Waals surface area contributed by atoms with Crippen LogP contribution in [0.3, 0.4) is 0 Å². The topological polar surface area (TPSA) is 73.2 Å². The Hall–Kier alpha value is -2.99. The predicted octanol–water partition coefficient (Wildman–Crippen LogP) is 3.76. The maximum absolute atomic E-state index is 13.4. The number of hydrogen-bond acceptors (Lipinski definition) is 4. The molecule has 0 aliphatic heterocycles. The van der Waals surface area contributed by atoms with Gasteiger partial charge in [-0.05, 0) is 43.5 Å². The van der Waals surface area contributed by atoms with Crippen molar-refractivity contribution in [2.24, 2.45) is 5.92 Å². The van der Waals surface area contributed by atoms with E-state index in [4.69, 9.17) is 0 Å². The Balaban J connectivity index is 1.70. The van der Waals surface area contributed by atoms with Gasteiger partial charge in [-0.1, -0.05) is 42.0 Å². The average molecular weight is 405 g/mol. The molecule has 29 heavy (non-hydrogen) atoms. The quantitative estimate of drug-likeness (QED) is 0.651. The fourth-order valence-electron chi connectivity index (χ4n) is 4.58. The van der Waals surface area contributed by atoms with E-state index in [-0.39, 0.29) is 16.5 Å². The molecule has 146 valence electrons. The molecule has 0 spiro atoms. The minimum atomic E-state index is -3.87. The molecule has 2 atom stereocenters. The van der Waals surface area contributed by atoms with Crippen LogP contribution in [0.4, 0.5) is 0 Å². The number of nitrogens with zero attached hydrogens (tertiary/aromatic N) is 1. The van der Waals surface area contributed by atoms with Crippen molar-refractivity contribution < 1.29 is 18.0 Å². The molecule has 0 bridgehead atoms. The summed E-state index contributed by atoms with van der Waals surface area (Å²) < 4.78 is 27.9. The summed E-state index contributed by atoms with van der Waals surface area (Å²) in [5.41, 5.74) is 3.05. The molecular formula is C23H19NO4S. The van der Waals surface area contributed by atoms with Crippen molar-refractivity contribution in [3.63, 3.8) is 0 Å². The van der Waals surface area contributed by atoms with Crippen molar-refractivity contribution in [2.75, 3.05) is 0 Å². The Morgan fingerprint density at radius 2 is 1.55 bits per heavy atom. The maximum Gasteiger partial charge on any atom is 0.267 e. The zero-order valence-corrected chi connectivity index (χ0v) is 16.6. The fourth-order valence-corrected chi connectivity index (χ4v) is 6.00. The van der Waals surface area contributed by atoms with Gasteiger partial charge in [-0.2, -0.15) is 0 Å². The SMILES string of the molecule is Cc1ccc(S(=O)(=O)n2ccc3c2[C@@H]2C(=O)c4ccccc4C(=O)[C@@H]2CC3)cc1. The molecule has 0 amide bonds. The molecule has 6 heteroatoms. The number of aromatic nitrogens is 1. The molecular weight excluding hydrogens is 386 g/mol. The van der Waals surface area contributed by atoms with E-state index in [1.165, 1.54) is 10.2 Å². The molecule has 5 rings (SSSR count). The number of carbonyl (C=O) groups is 2. The maximum atomic E-state index is 13.4. The predicted molar refractivity (Wildman–Crippen MR) is 108 cm³/mol. The van der Waals surface area contributed by atoms with Crippen LogP contribution in [0.1, 0.15) is 49.9 Å². The third-order valence-corrected chi connectivity index (χ3v) is 7.76. The minimum Gasteiger partial charge on any atom is -0.294 e. The second kappa shape index (κ2) is 6.26. The first-order valence-electron chi connectivity index (χ1n) is 9.59. The Labute approximate surface area is 169 Å². The highest BCUT2D eigenvalue weighted by Gasteiger charge is 2.47. The van der Waals surface area contributed by atoms with Crippen LogP contribution in [0.2, 0.25) is 0 Å². The van der Waals surface area contributed by atoms with Gasteiger partial charge < -0.3 is 0 Å². The van der Waals surface area contributed by atoms with Gasteiger partial charge in [-0.25, -0.2) is 12.4 Å². The summed E-state index contributed by atoms with van der Waals surface area (Å²) in [6.07, 6.45) is 2.64. The van der Waals surface area contributed by atoms with Crippen LogP contribution in [0.25, 0.3) is 0 Å². The lowest BCUT2D eigenvalue weighted by molar-refractivity contribution is 0.0771. The first-order chi connectivity index (χ1) is 13.9. The first-order valence-corrected chi connectivity index (χ1v) is 11.0. The normalized spacial score (nSPS) is 20.7. The number of aryl methyl sites for hydroxylation is 2. The van der Waals surface area contributed by atoms with Gasteiger partial charge in [0, 0.05) is 28.9 Å². The molecule has 0 radical (unpaired) electrons. The summed E-state index contributed by atoms with van der Waals surface area (Å²) in [5.74, 6) is -1.54. The number of hydrogen-bond donors (Lipinski definition) is 0. The molecule has 3 aromatic rings. The molecule has 0 saturated heterocycles. The van der Waals surface area contributed by atoms with E-state index in [9.17, 15) is 18.0 Å². The van der Waals surface area contributed by atoms with Crippen molar-refractivity contribution in [1.82, 2.24) is 3.97 Å². The zero-order chi connectivity index (χ0) is 20.3. The molecule has 0 fully saturated rings.